The summed E-state index contributed by atoms with van der Waals surface area (Å²) in [6.07, 6.45) is 0. The predicted octanol–water partition coefficient (Wildman–Crippen LogP) is 3.58. The third-order valence-electron chi connectivity index (χ3n) is 4.55. The van der Waals surface area contributed by atoms with Gasteiger partial charge in [-0.1, -0.05) is 17.7 Å². The van der Waals surface area contributed by atoms with Gasteiger partial charge >= 0.3 is 5.97 Å². The molecule has 0 spiro atoms. The maximum Gasteiger partial charge on any atom is 0.338 e. The van der Waals surface area contributed by atoms with Crippen molar-refractivity contribution in [3.63, 3.8) is 0 Å². The quantitative estimate of drug-likeness (QED) is 0.649. The second-order valence-corrected chi connectivity index (χ2v) is 6.61. The number of rotatable bonds is 4. The predicted molar refractivity (Wildman–Crippen MR) is 101 cm³/mol. The summed E-state index contributed by atoms with van der Waals surface area (Å²) in [5.74, 6) is -1.17. The summed E-state index contributed by atoms with van der Waals surface area (Å²) in [5.41, 5.74) is 2.43. The van der Waals surface area contributed by atoms with Crippen LogP contribution in [-0.4, -0.2) is 42.2 Å². The third-order valence-corrected chi connectivity index (χ3v) is 4.79. The number of benzene rings is 2. The van der Waals surface area contributed by atoms with Crippen LogP contribution in [0.3, 0.4) is 0 Å². The highest BCUT2D eigenvalue weighted by Gasteiger charge is 2.24. The minimum Gasteiger partial charge on any atom is -0.478 e. The zero-order valence-electron chi connectivity index (χ0n) is 14.2. The number of hydrogen-bond acceptors (Lipinski definition) is 5. The molecule has 0 amide bonds. The average molecular weight is 376 g/mol. The van der Waals surface area contributed by atoms with E-state index in [9.17, 15) is 20.0 Å². The second kappa shape index (κ2) is 7.21. The normalized spacial score (nSPS) is 14.4. The molecule has 1 N–H and O–H groups in total. The molecule has 0 bridgehead atoms. The number of nitro benzene ring substituents is 1. The van der Waals surface area contributed by atoms with Crippen LogP contribution in [-0.2, 0) is 0 Å². The highest BCUT2D eigenvalue weighted by molar-refractivity contribution is 6.30. The van der Waals surface area contributed by atoms with Crippen molar-refractivity contribution >= 4 is 34.6 Å². The molecule has 0 radical (unpaired) electrons. The lowest BCUT2D eigenvalue weighted by Gasteiger charge is -2.38. The molecule has 1 saturated heterocycles. The number of aryl methyl sites for hydroxylation is 1. The Labute approximate surface area is 155 Å². The van der Waals surface area contributed by atoms with Crippen LogP contribution >= 0.6 is 11.6 Å². The molecular formula is C18H18ClN3O4. The van der Waals surface area contributed by atoms with Crippen molar-refractivity contribution in [1.82, 2.24) is 0 Å². The van der Waals surface area contributed by atoms with Crippen LogP contribution in [0, 0.1) is 17.0 Å². The van der Waals surface area contributed by atoms with Gasteiger partial charge in [0.2, 0.25) is 0 Å². The Balaban J connectivity index is 1.81. The molecule has 0 atom stereocenters. The van der Waals surface area contributed by atoms with Crippen molar-refractivity contribution in [3.8, 4) is 0 Å². The molecule has 3 rings (SSSR count). The van der Waals surface area contributed by atoms with Crippen LogP contribution in [0.5, 0.6) is 0 Å². The summed E-state index contributed by atoms with van der Waals surface area (Å²) in [5, 5.41) is 21.0. The summed E-state index contributed by atoms with van der Waals surface area (Å²) in [4.78, 5) is 26.0. The Hall–Kier alpha value is -2.80. The minimum absolute atomic E-state index is 0.0495. The summed E-state index contributed by atoms with van der Waals surface area (Å²) < 4.78 is 0. The van der Waals surface area contributed by atoms with Gasteiger partial charge < -0.3 is 14.9 Å². The third kappa shape index (κ3) is 3.57. The fourth-order valence-corrected chi connectivity index (χ4v) is 3.36. The van der Waals surface area contributed by atoms with Crippen molar-refractivity contribution in [1.29, 1.82) is 0 Å². The Morgan fingerprint density at radius 3 is 2.27 bits per heavy atom. The summed E-state index contributed by atoms with van der Waals surface area (Å²) in [6.45, 7) is 4.67. The molecule has 136 valence electrons. The van der Waals surface area contributed by atoms with E-state index in [4.69, 9.17) is 11.6 Å². The highest BCUT2D eigenvalue weighted by atomic mass is 35.5. The molecule has 1 aliphatic rings. The molecule has 7 nitrogen and oxygen atoms in total. The number of carboxylic acid groups (broad SMARTS) is 1. The van der Waals surface area contributed by atoms with Crippen LogP contribution in [0.2, 0.25) is 5.02 Å². The van der Waals surface area contributed by atoms with Crippen LogP contribution in [0.1, 0.15) is 15.9 Å². The van der Waals surface area contributed by atoms with Crippen LogP contribution < -0.4 is 9.80 Å². The smallest absolute Gasteiger partial charge is 0.338 e. The number of carboxylic acids is 1. The molecular weight excluding hydrogens is 358 g/mol. The highest BCUT2D eigenvalue weighted by Crippen LogP contribution is 2.29. The first-order valence-electron chi connectivity index (χ1n) is 8.14. The molecule has 26 heavy (non-hydrogen) atoms. The lowest BCUT2D eigenvalue weighted by molar-refractivity contribution is -0.384. The van der Waals surface area contributed by atoms with E-state index >= 15 is 0 Å². The number of anilines is 2. The lowest BCUT2D eigenvalue weighted by Crippen LogP contribution is -2.47. The largest absolute Gasteiger partial charge is 0.478 e. The van der Waals surface area contributed by atoms with E-state index in [-0.39, 0.29) is 11.3 Å². The lowest BCUT2D eigenvalue weighted by atomic mass is 10.1. The summed E-state index contributed by atoms with van der Waals surface area (Å²) >= 11 is 6.10. The molecule has 2 aromatic rings. The molecule has 8 heteroatoms. The van der Waals surface area contributed by atoms with E-state index in [2.05, 4.69) is 4.90 Å². The number of nitrogens with zero attached hydrogens (tertiary/aromatic N) is 3. The minimum atomic E-state index is -1.17. The average Bonchev–Trinajstić information content (AvgIpc) is 2.63. The van der Waals surface area contributed by atoms with E-state index in [0.29, 0.717) is 36.9 Å². The Morgan fingerprint density at radius 2 is 1.69 bits per heavy atom. The first-order valence-corrected chi connectivity index (χ1v) is 8.52. The van der Waals surface area contributed by atoms with Gasteiger partial charge in [0.05, 0.1) is 16.2 Å². The molecule has 0 aliphatic carbocycles. The number of aromatic carboxylic acids is 1. The maximum atomic E-state index is 11.5. The van der Waals surface area contributed by atoms with E-state index in [1.807, 2.05) is 30.0 Å². The molecule has 0 saturated carbocycles. The van der Waals surface area contributed by atoms with Gasteiger partial charge in [0.1, 0.15) is 0 Å². The monoisotopic (exact) mass is 375 g/mol. The van der Waals surface area contributed by atoms with Crippen LogP contribution in [0.25, 0.3) is 0 Å². The SMILES string of the molecule is Cc1ccc(Cl)cc1N1CCN(c2ccc([N+](=O)[O-])cc2C(=O)O)CC1. The van der Waals surface area contributed by atoms with Gasteiger partial charge in [-0.3, -0.25) is 10.1 Å². The van der Waals surface area contributed by atoms with Crippen LogP contribution in [0.4, 0.5) is 17.1 Å². The number of nitro groups is 1. The molecule has 1 heterocycles. The van der Waals surface area contributed by atoms with Gasteiger partial charge in [-0.25, -0.2) is 4.79 Å². The van der Waals surface area contributed by atoms with Crippen molar-refractivity contribution in [2.75, 3.05) is 36.0 Å². The fraction of sp³-hybridized carbons (Fsp3) is 0.278. The van der Waals surface area contributed by atoms with Gasteiger partial charge in [0, 0.05) is 49.0 Å². The van der Waals surface area contributed by atoms with Gasteiger partial charge in [-0.05, 0) is 30.7 Å². The first kappa shape index (κ1) is 18.0. The zero-order chi connectivity index (χ0) is 18.8. The first-order chi connectivity index (χ1) is 12.4. The standard InChI is InChI=1S/C18H18ClN3O4/c1-12-2-3-13(19)10-17(12)21-8-6-20(7-9-21)16-5-4-14(22(25)26)11-15(16)18(23)24/h2-5,10-11H,6-9H2,1H3,(H,23,24). The fourth-order valence-electron chi connectivity index (χ4n) is 3.20. The van der Waals surface area contributed by atoms with Gasteiger partial charge in [-0.15, -0.1) is 0 Å². The van der Waals surface area contributed by atoms with Crippen molar-refractivity contribution < 1.29 is 14.8 Å². The topological polar surface area (TPSA) is 86.9 Å². The zero-order valence-corrected chi connectivity index (χ0v) is 14.9. The number of halogens is 1. The Kier molecular flexibility index (Phi) is 4.99. The van der Waals surface area contributed by atoms with Gasteiger partial charge in [0.25, 0.3) is 5.69 Å². The summed E-state index contributed by atoms with van der Waals surface area (Å²) in [7, 11) is 0. The van der Waals surface area contributed by atoms with Gasteiger partial charge in [0.15, 0.2) is 0 Å². The number of carbonyl (C=O) groups is 1. The molecule has 0 aromatic heterocycles. The number of hydrogen-bond donors (Lipinski definition) is 1. The van der Waals surface area contributed by atoms with E-state index in [0.717, 1.165) is 17.3 Å². The van der Waals surface area contributed by atoms with Crippen molar-refractivity contribution in [2.24, 2.45) is 0 Å². The number of piperazine rings is 1. The Morgan fingerprint density at radius 1 is 1.08 bits per heavy atom. The van der Waals surface area contributed by atoms with Crippen LogP contribution in [0.15, 0.2) is 36.4 Å². The summed E-state index contributed by atoms with van der Waals surface area (Å²) in [6, 6.07) is 9.74. The van der Waals surface area contributed by atoms with E-state index < -0.39 is 10.9 Å². The van der Waals surface area contributed by atoms with E-state index in [1.54, 1.807) is 0 Å². The molecule has 1 fully saturated rings. The molecule has 0 unspecified atom stereocenters. The number of non-ortho nitro benzene ring substituents is 1. The maximum absolute atomic E-state index is 11.5. The van der Waals surface area contributed by atoms with Gasteiger partial charge in [-0.2, -0.15) is 0 Å². The molecule has 2 aromatic carbocycles. The Bertz CT molecular complexity index is 864. The van der Waals surface area contributed by atoms with E-state index in [1.165, 1.54) is 12.1 Å². The second-order valence-electron chi connectivity index (χ2n) is 6.17. The molecule has 1 aliphatic heterocycles. The van der Waals surface area contributed by atoms with Crippen molar-refractivity contribution in [2.45, 2.75) is 6.92 Å². The van der Waals surface area contributed by atoms with Crippen molar-refractivity contribution in [3.05, 3.63) is 62.7 Å².